The van der Waals surface area contributed by atoms with Crippen LogP contribution in [0.15, 0.2) is 29.3 Å². The minimum atomic E-state index is -3.06. The van der Waals surface area contributed by atoms with Gasteiger partial charge in [0.05, 0.1) is 6.26 Å². The molecule has 0 radical (unpaired) electrons. The smallest absolute Gasteiger partial charge is 0.211 e. The van der Waals surface area contributed by atoms with Gasteiger partial charge in [0.25, 0.3) is 0 Å². The third kappa shape index (κ3) is 8.67. The number of hydrogen-bond acceptors (Lipinski definition) is 4. The van der Waals surface area contributed by atoms with Crippen molar-refractivity contribution < 1.29 is 8.42 Å². The number of piperidine rings is 1. The van der Waals surface area contributed by atoms with E-state index in [1.807, 2.05) is 0 Å². The van der Waals surface area contributed by atoms with E-state index in [-0.39, 0.29) is 24.0 Å². The number of rotatable bonds is 8. The van der Waals surface area contributed by atoms with Crippen LogP contribution in [0.1, 0.15) is 25.3 Å². The number of guanidine groups is 1. The molecular formula is C20H36IN5O2S. The molecule has 0 spiro atoms. The molecule has 7 nitrogen and oxygen atoms in total. The number of nitrogens with one attached hydrogen (secondary N) is 2. The summed E-state index contributed by atoms with van der Waals surface area (Å²) in [4.78, 5) is 6.65. The second kappa shape index (κ2) is 12.6. The Kier molecular flexibility index (Phi) is 11.3. The van der Waals surface area contributed by atoms with E-state index in [2.05, 4.69) is 58.6 Å². The summed E-state index contributed by atoms with van der Waals surface area (Å²) in [6.45, 7) is 8.96. The zero-order valence-corrected chi connectivity index (χ0v) is 21.2. The van der Waals surface area contributed by atoms with E-state index in [9.17, 15) is 8.42 Å². The minimum absolute atomic E-state index is 0. The van der Waals surface area contributed by atoms with Crippen LogP contribution in [-0.4, -0.2) is 71.3 Å². The zero-order chi connectivity index (χ0) is 20.6. The lowest BCUT2D eigenvalue weighted by Crippen LogP contribution is -2.45. The molecule has 1 aromatic carbocycles. The average Bonchev–Trinajstić information content (AvgIpc) is 2.67. The van der Waals surface area contributed by atoms with Gasteiger partial charge in [-0.3, -0.25) is 4.99 Å². The van der Waals surface area contributed by atoms with Crippen molar-refractivity contribution in [1.29, 1.82) is 0 Å². The number of aliphatic imine (C=N–C) groups is 1. The fourth-order valence-electron chi connectivity index (χ4n) is 3.51. The Morgan fingerprint density at radius 2 is 1.97 bits per heavy atom. The molecule has 9 heteroatoms. The third-order valence-electron chi connectivity index (χ3n) is 5.25. The number of nitrogens with zero attached hydrogens (tertiary/aromatic N) is 3. The second-order valence-electron chi connectivity index (χ2n) is 7.40. The largest absolute Gasteiger partial charge is 0.370 e. The molecule has 1 saturated heterocycles. The zero-order valence-electron chi connectivity index (χ0n) is 18.0. The maximum Gasteiger partial charge on any atom is 0.211 e. The van der Waals surface area contributed by atoms with Crippen molar-refractivity contribution in [2.45, 2.75) is 26.7 Å². The highest BCUT2D eigenvalue weighted by molar-refractivity contribution is 14.0. The van der Waals surface area contributed by atoms with Crippen molar-refractivity contribution in [1.82, 2.24) is 14.9 Å². The van der Waals surface area contributed by atoms with Crippen molar-refractivity contribution in [3.05, 3.63) is 29.8 Å². The number of likely N-dealkylation sites (N-methyl/N-ethyl adjacent to an activating group) is 1. The molecule has 0 amide bonds. The van der Waals surface area contributed by atoms with Gasteiger partial charge in [0.1, 0.15) is 0 Å². The van der Waals surface area contributed by atoms with E-state index in [1.165, 1.54) is 17.5 Å². The van der Waals surface area contributed by atoms with Crippen LogP contribution in [-0.2, 0) is 10.0 Å². The Morgan fingerprint density at radius 1 is 1.28 bits per heavy atom. The van der Waals surface area contributed by atoms with Crippen LogP contribution < -0.4 is 15.5 Å². The van der Waals surface area contributed by atoms with Gasteiger partial charge in [-0.15, -0.1) is 24.0 Å². The van der Waals surface area contributed by atoms with Crippen molar-refractivity contribution in [2.75, 3.05) is 57.5 Å². The first-order valence-corrected chi connectivity index (χ1v) is 11.9. The molecule has 0 saturated carbocycles. The number of anilines is 1. The summed E-state index contributed by atoms with van der Waals surface area (Å²) in [5.74, 6) is 1.27. The molecule has 0 atom stereocenters. The summed E-state index contributed by atoms with van der Waals surface area (Å²) in [6.07, 6.45) is 3.05. The number of sulfonamides is 1. The van der Waals surface area contributed by atoms with Crippen LogP contribution in [0.25, 0.3) is 0 Å². The molecule has 29 heavy (non-hydrogen) atoms. The quantitative estimate of drug-likeness (QED) is 0.303. The van der Waals surface area contributed by atoms with Crippen molar-refractivity contribution in [3.63, 3.8) is 0 Å². The molecule has 2 N–H and O–H groups in total. The van der Waals surface area contributed by atoms with Crippen LogP contribution in [0, 0.1) is 12.8 Å². The van der Waals surface area contributed by atoms with Gasteiger partial charge < -0.3 is 15.5 Å². The van der Waals surface area contributed by atoms with E-state index < -0.39 is 10.0 Å². The first-order chi connectivity index (χ1) is 13.3. The number of benzene rings is 1. The molecule has 1 fully saturated rings. The van der Waals surface area contributed by atoms with Crippen LogP contribution in [0.3, 0.4) is 0 Å². The van der Waals surface area contributed by atoms with E-state index >= 15 is 0 Å². The summed E-state index contributed by atoms with van der Waals surface area (Å²) < 4.78 is 24.8. The van der Waals surface area contributed by atoms with Gasteiger partial charge >= 0.3 is 0 Å². The SMILES string of the molecule is CCN(CCNC(=NC)NCC1CCN(S(C)(=O)=O)CC1)c1cccc(C)c1.I. The molecule has 0 aliphatic carbocycles. The van der Waals surface area contributed by atoms with Gasteiger partial charge in [-0.1, -0.05) is 12.1 Å². The van der Waals surface area contributed by atoms with Crippen molar-refractivity contribution in [3.8, 4) is 0 Å². The van der Waals surface area contributed by atoms with Gasteiger partial charge in [-0.2, -0.15) is 0 Å². The summed E-state index contributed by atoms with van der Waals surface area (Å²) in [5, 5.41) is 6.77. The highest BCUT2D eigenvalue weighted by Crippen LogP contribution is 2.18. The lowest BCUT2D eigenvalue weighted by molar-refractivity contribution is 0.275. The minimum Gasteiger partial charge on any atom is -0.370 e. The summed E-state index contributed by atoms with van der Waals surface area (Å²) >= 11 is 0. The Balaban J connectivity index is 0.00000420. The molecule has 0 unspecified atom stereocenters. The number of halogens is 1. The van der Waals surface area contributed by atoms with Crippen LogP contribution in [0.5, 0.6) is 0 Å². The molecule has 0 aromatic heterocycles. The van der Waals surface area contributed by atoms with Gasteiger partial charge in [0.15, 0.2) is 5.96 Å². The summed E-state index contributed by atoms with van der Waals surface area (Å²) in [7, 11) is -1.28. The Morgan fingerprint density at radius 3 is 2.52 bits per heavy atom. The lowest BCUT2D eigenvalue weighted by Gasteiger charge is -2.30. The van der Waals surface area contributed by atoms with E-state index in [0.717, 1.165) is 45.0 Å². The summed E-state index contributed by atoms with van der Waals surface area (Å²) in [5.41, 5.74) is 2.51. The monoisotopic (exact) mass is 537 g/mol. The Labute approximate surface area is 193 Å². The lowest BCUT2D eigenvalue weighted by atomic mass is 9.98. The molecule has 1 heterocycles. The van der Waals surface area contributed by atoms with Gasteiger partial charge in [-0.25, -0.2) is 12.7 Å². The van der Waals surface area contributed by atoms with E-state index in [4.69, 9.17) is 0 Å². The molecule has 2 rings (SSSR count). The maximum atomic E-state index is 11.6. The van der Waals surface area contributed by atoms with Gasteiger partial charge in [0, 0.05) is 52.0 Å². The molecule has 166 valence electrons. The van der Waals surface area contributed by atoms with Crippen LogP contribution >= 0.6 is 24.0 Å². The first kappa shape index (κ1) is 26.0. The topological polar surface area (TPSA) is 77.0 Å². The highest BCUT2D eigenvalue weighted by atomic mass is 127. The summed E-state index contributed by atoms with van der Waals surface area (Å²) in [6, 6.07) is 8.56. The number of hydrogen-bond donors (Lipinski definition) is 2. The fraction of sp³-hybridized carbons (Fsp3) is 0.650. The second-order valence-corrected chi connectivity index (χ2v) is 9.39. The van der Waals surface area contributed by atoms with Crippen molar-refractivity contribution >= 4 is 45.6 Å². The standard InChI is InChI=1S/C20H35N5O2S.HI/c1-5-24(19-8-6-7-17(2)15-19)14-11-22-20(21-3)23-16-18-9-12-25(13-10-18)28(4,26)27;/h6-8,15,18H,5,9-14,16H2,1-4H3,(H2,21,22,23);1H. The first-order valence-electron chi connectivity index (χ1n) is 10.0. The fourth-order valence-corrected chi connectivity index (χ4v) is 4.38. The predicted octanol–water partition coefficient (Wildman–Crippen LogP) is 2.28. The van der Waals surface area contributed by atoms with E-state index in [1.54, 1.807) is 11.4 Å². The Hall–Kier alpha value is -1.07. The molecular weight excluding hydrogens is 501 g/mol. The third-order valence-corrected chi connectivity index (χ3v) is 6.55. The van der Waals surface area contributed by atoms with Crippen LogP contribution in [0.4, 0.5) is 5.69 Å². The molecule has 0 bridgehead atoms. The predicted molar refractivity (Wildman–Crippen MR) is 133 cm³/mol. The maximum absolute atomic E-state index is 11.6. The molecule has 1 aromatic rings. The highest BCUT2D eigenvalue weighted by Gasteiger charge is 2.24. The van der Waals surface area contributed by atoms with Gasteiger partial charge in [0.2, 0.25) is 10.0 Å². The van der Waals surface area contributed by atoms with E-state index in [0.29, 0.717) is 19.0 Å². The van der Waals surface area contributed by atoms with Crippen molar-refractivity contribution in [2.24, 2.45) is 10.9 Å². The molecule has 1 aliphatic heterocycles. The molecule has 1 aliphatic rings. The Bertz CT molecular complexity index is 749. The normalized spacial score (nSPS) is 16.2. The van der Waals surface area contributed by atoms with Gasteiger partial charge in [-0.05, 0) is 50.3 Å². The average molecular weight is 538 g/mol. The number of aryl methyl sites for hydroxylation is 1. The van der Waals surface area contributed by atoms with Crippen LogP contribution in [0.2, 0.25) is 0 Å².